The van der Waals surface area contributed by atoms with Crippen LogP contribution in [0.1, 0.15) is 36.7 Å². The van der Waals surface area contributed by atoms with Gasteiger partial charge in [0.15, 0.2) is 5.16 Å². The number of aromatic nitrogens is 3. The van der Waals surface area contributed by atoms with Crippen molar-refractivity contribution in [2.45, 2.75) is 31.5 Å². The molecule has 2 aromatic rings. The van der Waals surface area contributed by atoms with E-state index in [-0.39, 0.29) is 24.2 Å². The Bertz CT molecular complexity index is 885. The molecule has 0 spiro atoms. The van der Waals surface area contributed by atoms with E-state index in [0.717, 1.165) is 11.8 Å². The van der Waals surface area contributed by atoms with E-state index in [4.69, 9.17) is 10.5 Å². The number of ether oxygens (including phenoxy) is 2. The summed E-state index contributed by atoms with van der Waals surface area (Å²) in [6, 6.07) is 5.73. The molecule has 1 atom stereocenters. The maximum atomic E-state index is 12.9. The van der Waals surface area contributed by atoms with Gasteiger partial charge < -0.3 is 20.5 Å². The normalized spacial score (nSPS) is 11.6. The summed E-state index contributed by atoms with van der Waals surface area (Å²) >= 11 is 1.07. The number of carbonyl (C=O) groups is 3. The Morgan fingerprint density at radius 1 is 1.28 bits per heavy atom. The van der Waals surface area contributed by atoms with Crippen LogP contribution in [0.4, 0.5) is 11.6 Å². The van der Waals surface area contributed by atoms with Crippen molar-refractivity contribution >= 4 is 41.2 Å². The molecule has 0 bridgehead atoms. The van der Waals surface area contributed by atoms with Crippen LogP contribution < -0.4 is 11.1 Å². The first-order chi connectivity index (χ1) is 13.9. The van der Waals surface area contributed by atoms with Crippen LogP contribution in [-0.2, 0) is 19.1 Å². The fourth-order valence-corrected chi connectivity index (χ4v) is 3.33. The second-order valence-corrected chi connectivity index (χ2v) is 6.73. The van der Waals surface area contributed by atoms with Gasteiger partial charge in [-0.2, -0.15) is 0 Å². The molecule has 0 saturated carbocycles. The van der Waals surface area contributed by atoms with Gasteiger partial charge in [0.05, 0.1) is 25.0 Å². The molecular weight excluding hydrogens is 398 g/mol. The Morgan fingerprint density at radius 3 is 2.69 bits per heavy atom. The van der Waals surface area contributed by atoms with E-state index in [2.05, 4.69) is 20.3 Å². The summed E-state index contributed by atoms with van der Waals surface area (Å²) in [7, 11) is 1.29. The lowest BCUT2D eigenvalue weighted by atomic mass is 10.1. The molecule has 0 aliphatic heterocycles. The quantitative estimate of drug-likeness (QED) is 0.459. The summed E-state index contributed by atoms with van der Waals surface area (Å²) in [5.74, 6) is -1.20. The van der Waals surface area contributed by atoms with Crippen molar-refractivity contribution < 1.29 is 23.9 Å². The molecule has 0 aliphatic rings. The number of amides is 1. The number of nitrogens with two attached hydrogens (primary N) is 1. The maximum Gasteiger partial charge on any atom is 0.338 e. The van der Waals surface area contributed by atoms with Crippen molar-refractivity contribution in [3.05, 3.63) is 29.8 Å². The highest BCUT2D eigenvalue weighted by molar-refractivity contribution is 7.99. The molecule has 11 heteroatoms. The lowest BCUT2D eigenvalue weighted by Gasteiger charge is -2.19. The zero-order valence-electron chi connectivity index (χ0n) is 16.4. The molecule has 10 nitrogen and oxygen atoms in total. The summed E-state index contributed by atoms with van der Waals surface area (Å²) in [6.45, 7) is 3.79. The molecule has 1 aromatic heterocycles. The predicted octanol–water partition coefficient (Wildman–Crippen LogP) is 1.89. The Balaban J connectivity index is 2.20. The van der Waals surface area contributed by atoms with Crippen LogP contribution in [0.3, 0.4) is 0 Å². The standard InChI is InChI=1S/C18H23N5O5S/c1-4-13(23-17(19)21-22-18(23)29-10-14(24)27-3)15(25)20-12-8-6-7-11(9-12)16(26)28-5-2/h6-9,13H,4-5,10H2,1-3H3,(H2,19,21)(H,20,25). The van der Waals surface area contributed by atoms with E-state index in [9.17, 15) is 14.4 Å². The van der Waals surface area contributed by atoms with Crippen LogP contribution in [0, 0.1) is 0 Å². The van der Waals surface area contributed by atoms with Gasteiger partial charge >= 0.3 is 11.9 Å². The van der Waals surface area contributed by atoms with Crippen molar-refractivity contribution in [1.29, 1.82) is 0 Å². The molecule has 3 N–H and O–H groups in total. The number of anilines is 2. The number of nitrogen functional groups attached to an aromatic ring is 1. The summed E-state index contributed by atoms with van der Waals surface area (Å²) in [4.78, 5) is 36.2. The minimum Gasteiger partial charge on any atom is -0.468 e. The van der Waals surface area contributed by atoms with E-state index in [1.807, 2.05) is 6.92 Å². The number of carbonyl (C=O) groups excluding carboxylic acids is 3. The van der Waals surface area contributed by atoms with Crippen LogP contribution in [0.25, 0.3) is 0 Å². The van der Waals surface area contributed by atoms with Crippen LogP contribution in [0.15, 0.2) is 29.4 Å². The number of hydrogen-bond acceptors (Lipinski definition) is 9. The number of nitrogens with zero attached hydrogens (tertiary/aromatic N) is 3. The average molecular weight is 421 g/mol. The van der Waals surface area contributed by atoms with Crippen LogP contribution in [-0.4, -0.2) is 52.1 Å². The molecule has 1 amide bonds. The van der Waals surface area contributed by atoms with E-state index in [1.54, 1.807) is 25.1 Å². The van der Waals surface area contributed by atoms with Gasteiger partial charge in [0.2, 0.25) is 11.9 Å². The number of methoxy groups -OCH3 is 1. The Labute approximate surface area is 172 Å². The molecule has 0 fully saturated rings. The molecule has 1 unspecified atom stereocenters. The van der Waals surface area contributed by atoms with Crippen molar-refractivity contribution in [1.82, 2.24) is 14.8 Å². The van der Waals surface area contributed by atoms with E-state index in [1.165, 1.54) is 17.7 Å². The molecule has 2 rings (SSSR count). The van der Waals surface area contributed by atoms with Gasteiger partial charge in [0, 0.05) is 5.69 Å². The number of benzene rings is 1. The highest BCUT2D eigenvalue weighted by Crippen LogP contribution is 2.26. The summed E-state index contributed by atoms with van der Waals surface area (Å²) in [6.07, 6.45) is 0.400. The molecule has 1 heterocycles. The number of thioether (sulfide) groups is 1. The third kappa shape index (κ3) is 5.70. The molecular formula is C18H23N5O5S. The highest BCUT2D eigenvalue weighted by Gasteiger charge is 2.25. The van der Waals surface area contributed by atoms with Gasteiger partial charge in [0.1, 0.15) is 6.04 Å². The summed E-state index contributed by atoms with van der Waals surface area (Å²) in [5, 5.41) is 10.9. The van der Waals surface area contributed by atoms with Gasteiger partial charge in [-0.05, 0) is 31.5 Å². The van der Waals surface area contributed by atoms with Gasteiger partial charge in [0.25, 0.3) is 0 Å². The van der Waals surface area contributed by atoms with E-state index >= 15 is 0 Å². The molecule has 1 aromatic carbocycles. The Morgan fingerprint density at radius 2 is 2.03 bits per heavy atom. The summed E-state index contributed by atoms with van der Waals surface area (Å²) in [5.41, 5.74) is 6.67. The third-order valence-corrected chi connectivity index (χ3v) is 4.80. The first kappa shape index (κ1) is 22.2. The largest absolute Gasteiger partial charge is 0.468 e. The van der Waals surface area contributed by atoms with Crippen molar-refractivity contribution in [3.63, 3.8) is 0 Å². The minimum atomic E-state index is -0.712. The number of rotatable bonds is 9. The van der Waals surface area contributed by atoms with Gasteiger partial charge in [-0.25, -0.2) is 4.79 Å². The molecule has 0 saturated heterocycles. The monoisotopic (exact) mass is 421 g/mol. The second kappa shape index (κ2) is 10.5. The van der Waals surface area contributed by atoms with Crippen molar-refractivity contribution in [2.75, 3.05) is 30.5 Å². The van der Waals surface area contributed by atoms with Gasteiger partial charge in [-0.1, -0.05) is 24.8 Å². The topological polar surface area (TPSA) is 138 Å². The first-order valence-electron chi connectivity index (χ1n) is 8.89. The number of esters is 2. The number of hydrogen-bond donors (Lipinski definition) is 2. The smallest absolute Gasteiger partial charge is 0.338 e. The SMILES string of the molecule is CCOC(=O)c1cccc(NC(=O)C(CC)n2c(N)nnc2SCC(=O)OC)c1. The van der Waals surface area contributed by atoms with Gasteiger partial charge in [-0.3, -0.25) is 14.2 Å². The predicted molar refractivity (Wildman–Crippen MR) is 108 cm³/mol. The summed E-state index contributed by atoms with van der Waals surface area (Å²) < 4.78 is 11.1. The zero-order chi connectivity index (χ0) is 21.4. The molecule has 29 heavy (non-hydrogen) atoms. The first-order valence-corrected chi connectivity index (χ1v) is 9.87. The Kier molecular flexibility index (Phi) is 8.01. The maximum absolute atomic E-state index is 12.9. The van der Waals surface area contributed by atoms with Crippen LogP contribution >= 0.6 is 11.8 Å². The zero-order valence-corrected chi connectivity index (χ0v) is 17.2. The van der Waals surface area contributed by atoms with Crippen LogP contribution in [0.2, 0.25) is 0 Å². The fourth-order valence-electron chi connectivity index (χ4n) is 2.51. The molecule has 0 radical (unpaired) electrons. The highest BCUT2D eigenvalue weighted by atomic mass is 32.2. The average Bonchev–Trinajstić information content (AvgIpc) is 3.07. The fraction of sp³-hybridized carbons (Fsp3) is 0.389. The van der Waals surface area contributed by atoms with E-state index < -0.39 is 18.0 Å². The van der Waals surface area contributed by atoms with Crippen LogP contribution in [0.5, 0.6) is 0 Å². The van der Waals surface area contributed by atoms with Crippen molar-refractivity contribution in [3.8, 4) is 0 Å². The minimum absolute atomic E-state index is 0.00821. The van der Waals surface area contributed by atoms with E-state index in [0.29, 0.717) is 22.8 Å². The lowest BCUT2D eigenvalue weighted by Crippen LogP contribution is -2.27. The Hall–Kier alpha value is -3.08. The third-order valence-electron chi connectivity index (χ3n) is 3.88. The van der Waals surface area contributed by atoms with Crippen molar-refractivity contribution in [2.24, 2.45) is 0 Å². The number of nitrogens with one attached hydrogen (secondary N) is 1. The molecule has 156 valence electrons. The second-order valence-electron chi connectivity index (χ2n) is 5.79. The van der Waals surface area contributed by atoms with Gasteiger partial charge in [-0.15, -0.1) is 10.2 Å². The lowest BCUT2D eigenvalue weighted by molar-refractivity contribution is -0.137. The molecule has 0 aliphatic carbocycles.